The Morgan fingerprint density at radius 1 is 1.29 bits per heavy atom. The zero-order chi connectivity index (χ0) is 9.97. The molecule has 0 unspecified atom stereocenters. The maximum absolute atomic E-state index is 13.5. The standard InChI is InChI=1S/C10H10FIO2/c11-7-3-1-4-8(12)9(7)10-13-5-2-6-14-10/h1,3-4,10H,2,5-6H2. The Bertz CT molecular complexity index is 304. The van der Waals surface area contributed by atoms with Crippen molar-refractivity contribution < 1.29 is 13.9 Å². The summed E-state index contributed by atoms with van der Waals surface area (Å²) in [5, 5.41) is 0. The number of benzene rings is 1. The molecule has 1 fully saturated rings. The van der Waals surface area contributed by atoms with Crippen molar-refractivity contribution in [3.63, 3.8) is 0 Å². The Morgan fingerprint density at radius 3 is 2.64 bits per heavy atom. The van der Waals surface area contributed by atoms with Crippen molar-refractivity contribution in [1.29, 1.82) is 0 Å². The predicted molar refractivity (Wildman–Crippen MR) is 58.4 cm³/mol. The van der Waals surface area contributed by atoms with E-state index in [4.69, 9.17) is 9.47 Å². The monoisotopic (exact) mass is 308 g/mol. The molecule has 1 heterocycles. The predicted octanol–water partition coefficient (Wildman–Crippen LogP) is 2.87. The zero-order valence-corrected chi connectivity index (χ0v) is 9.66. The average Bonchev–Trinajstić information content (AvgIpc) is 2.19. The Morgan fingerprint density at radius 2 is 2.00 bits per heavy atom. The largest absolute Gasteiger partial charge is 0.348 e. The first-order valence-electron chi connectivity index (χ1n) is 4.46. The lowest BCUT2D eigenvalue weighted by atomic mass is 10.2. The smallest absolute Gasteiger partial charge is 0.187 e. The summed E-state index contributed by atoms with van der Waals surface area (Å²) in [7, 11) is 0. The SMILES string of the molecule is Fc1cccc(I)c1C1OCCCO1. The zero-order valence-electron chi connectivity index (χ0n) is 7.50. The van der Waals surface area contributed by atoms with Gasteiger partial charge in [-0.1, -0.05) is 6.07 Å². The molecule has 76 valence electrons. The third kappa shape index (κ3) is 2.07. The molecular weight excluding hydrogens is 298 g/mol. The molecule has 0 bridgehead atoms. The van der Waals surface area contributed by atoms with Crippen LogP contribution in [-0.4, -0.2) is 13.2 Å². The summed E-state index contributed by atoms with van der Waals surface area (Å²) in [6.45, 7) is 1.27. The minimum atomic E-state index is -0.531. The number of halogens is 2. The second-order valence-corrected chi connectivity index (χ2v) is 4.22. The van der Waals surface area contributed by atoms with E-state index in [0.717, 1.165) is 9.99 Å². The highest BCUT2D eigenvalue weighted by Crippen LogP contribution is 2.28. The van der Waals surface area contributed by atoms with E-state index in [0.29, 0.717) is 18.8 Å². The molecule has 0 radical (unpaired) electrons. The van der Waals surface area contributed by atoms with Crippen molar-refractivity contribution in [3.05, 3.63) is 33.1 Å². The van der Waals surface area contributed by atoms with E-state index in [2.05, 4.69) is 22.6 Å². The topological polar surface area (TPSA) is 18.5 Å². The van der Waals surface area contributed by atoms with E-state index in [-0.39, 0.29) is 5.82 Å². The van der Waals surface area contributed by atoms with Crippen LogP contribution in [0.4, 0.5) is 4.39 Å². The van der Waals surface area contributed by atoms with Crippen LogP contribution in [0.3, 0.4) is 0 Å². The van der Waals surface area contributed by atoms with Gasteiger partial charge in [0.15, 0.2) is 6.29 Å². The summed E-state index contributed by atoms with van der Waals surface area (Å²) in [5.41, 5.74) is 0.521. The van der Waals surface area contributed by atoms with Crippen LogP contribution in [0.15, 0.2) is 18.2 Å². The van der Waals surface area contributed by atoms with E-state index in [9.17, 15) is 4.39 Å². The van der Waals surface area contributed by atoms with Gasteiger partial charge in [0.1, 0.15) is 5.82 Å². The summed E-state index contributed by atoms with van der Waals surface area (Å²) in [5.74, 6) is -0.260. The van der Waals surface area contributed by atoms with Crippen molar-refractivity contribution in [2.45, 2.75) is 12.7 Å². The molecule has 0 aromatic heterocycles. The second kappa shape index (κ2) is 4.55. The van der Waals surface area contributed by atoms with Gasteiger partial charge in [0.2, 0.25) is 0 Å². The fourth-order valence-electron chi connectivity index (χ4n) is 1.39. The molecule has 1 aliphatic heterocycles. The van der Waals surface area contributed by atoms with Crippen LogP contribution in [0.5, 0.6) is 0 Å². The molecular formula is C10H10FIO2. The number of hydrogen-bond acceptors (Lipinski definition) is 2. The van der Waals surface area contributed by atoms with Crippen LogP contribution < -0.4 is 0 Å². The van der Waals surface area contributed by atoms with E-state index >= 15 is 0 Å². The van der Waals surface area contributed by atoms with Gasteiger partial charge in [-0.05, 0) is 41.1 Å². The first-order chi connectivity index (χ1) is 6.79. The molecule has 0 amide bonds. The highest BCUT2D eigenvalue weighted by molar-refractivity contribution is 14.1. The molecule has 1 aromatic rings. The lowest BCUT2D eigenvalue weighted by Crippen LogP contribution is -2.19. The van der Waals surface area contributed by atoms with Crippen molar-refractivity contribution in [2.75, 3.05) is 13.2 Å². The van der Waals surface area contributed by atoms with Gasteiger partial charge >= 0.3 is 0 Å². The molecule has 14 heavy (non-hydrogen) atoms. The molecule has 1 aliphatic rings. The van der Waals surface area contributed by atoms with E-state index in [1.807, 2.05) is 6.07 Å². The Kier molecular flexibility index (Phi) is 3.35. The number of hydrogen-bond donors (Lipinski definition) is 0. The van der Waals surface area contributed by atoms with Crippen LogP contribution in [-0.2, 0) is 9.47 Å². The second-order valence-electron chi connectivity index (χ2n) is 3.06. The maximum Gasteiger partial charge on any atom is 0.187 e. The molecule has 2 nitrogen and oxygen atoms in total. The van der Waals surface area contributed by atoms with Gasteiger partial charge in [0, 0.05) is 3.57 Å². The lowest BCUT2D eigenvalue weighted by Gasteiger charge is -2.24. The minimum absolute atomic E-state index is 0.260. The molecule has 2 rings (SSSR count). The molecule has 0 spiro atoms. The summed E-state index contributed by atoms with van der Waals surface area (Å²) < 4.78 is 25.0. The van der Waals surface area contributed by atoms with Gasteiger partial charge in [-0.3, -0.25) is 0 Å². The van der Waals surface area contributed by atoms with Gasteiger partial charge in [-0.2, -0.15) is 0 Å². The van der Waals surface area contributed by atoms with Crippen LogP contribution >= 0.6 is 22.6 Å². The summed E-state index contributed by atoms with van der Waals surface area (Å²) >= 11 is 2.09. The van der Waals surface area contributed by atoms with Crippen molar-refractivity contribution in [2.24, 2.45) is 0 Å². The van der Waals surface area contributed by atoms with Crippen LogP contribution in [0.1, 0.15) is 18.3 Å². The average molecular weight is 308 g/mol. The maximum atomic E-state index is 13.5. The molecule has 0 saturated carbocycles. The van der Waals surface area contributed by atoms with Gasteiger partial charge in [0.05, 0.1) is 18.8 Å². The van der Waals surface area contributed by atoms with Gasteiger partial charge in [-0.15, -0.1) is 0 Å². The number of rotatable bonds is 1. The first-order valence-corrected chi connectivity index (χ1v) is 5.54. The van der Waals surface area contributed by atoms with Crippen molar-refractivity contribution >= 4 is 22.6 Å². The molecule has 1 aromatic carbocycles. The molecule has 4 heteroatoms. The van der Waals surface area contributed by atoms with E-state index in [1.54, 1.807) is 6.07 Å². The number of ether oxygens (including phenoxy) is 2. The molecule has 0 aliphatic carbocycles. The van der Waals surface area contributed by atoms with Crippen LogP contribution in [0.25, 0.3) is 0 Å². The normalized spacial score (nSPS) is 18.4. The summed E-state index contributed by atoms with van der Waals surface area (Å²) in [6, 6.07) is 4.96. The third-order valence-electron chi connectivity index (χ3n) is 2.06. The Balaban J connectivity index is 2.29. The minimum Gasteiger partial charge on any atom is -0.348 e. The van der Waals surface area contributed by atoms with Crippen LogP contribution in [0, 0.1) is 9.39 Å². The van der Waals surface area contributed by atoms with Crippen molar-refractivity contribution in [3.8, 4) is 0 Å². The third-order valence-corrected chi connectivity index (χ3v) is 3.00. The van der Waals surface area contributed by atoms with Crippen molar-refractivity contribution in [1.82, 2.24) is 0 Å². The molecule has 0 atom stereocenters. The van der Waals surface area contributed by atoms with Gasteiger partial charge in [0.25, 0.3) is 0 Å². The lowest BCUT2D eigenvalue weighted by molar-refractivity contribution is -0.184. The highest BCUT2D eigenvalue weighted by Gasteiger charge is 2.22. The summed E-state index contributed by atoms with van der Waals surface area (Å²) in [6.07, 6.45) is 0.346. The Labute approximate surface area is 95.5 Å². The van der Waals surface area contributed by atoms with E-state index in [1.165, 1.54) is 6.07 Å². The molecule has 1 saturated heterocycles. The fourth-order valence-corrected chi connectivity index (χ4v) is 2.11. The fraction of sp³-hybridized carbons (Fsp3) is 0.400. The molecule has 0 N–H and O–H groups in total. The van der Waals surface area contributed by atoms with Crippen LogP contribution in [0.2, 0.25) is 0 Å². The van der Waals surface area contributed by atoms with E-state index < -0.39 is 6.29 Å². The van der Waals surface area contributed by atoms with Gasteiger partial charge in [-0.25, -0.2) is 4.39 Å². The highest BCUT2D eigenvalue weighted by atomic mass is 127. The van der Waals surface area contributed by atoms with Gasteiger partial charge < -0.3 is 9.47 Å². The summed E-state index contributed by atoms with van der Waals surface area (Å²) in [4.78, 5) is 0. The quantitative estimate of drug-likeness (QED) is 0.743. The Hall–Kier alpha value is -0.200. The first kappa shape index (κ1) is 10.3.